The van der Waals surface area contributed by atoms with E-state index in [1.807, 2.05) is 19.9 Å². The number of carbonyl (C=O) groups is 3. The molecule has 3 amide bonds. The molecule has 0 bridgehead atoms. The van der Waals surface area contributed by atoms with Crippen LogP contribution in [-0.4, -0.2) is 47.0 Å². The van der Waals surface area contributed by atoms with Gasteiger partial charge in [0.15, 0.2) is 0 Å². The summed E-state index contributed by atoms with van der Waals surface area (Å²) in [5.41, 5.74) is 0. The number of hydrogen-bond donors (Lipinski definition) is 3. The highest BCUT2D eigenvalue weighted by molar-refractivity contribution is 8.06. The van der Waals surface area contributed by atoms with Crippen molar-refractivity contribution in [3.05, 3.63) is 22.6 Å². The number of nitrogens with zero attached hydrogens (tertiary/aromatic N) is 1. The molecule has 2 aliphatic carbocycles. The van der Waals surface area contributed by atoms with E-state index in [2.05, 4.69) is 22.1 Å². The summed E-state index contributed by atoms with van der Waals surface area (Å²) >= 11 is 1.55. The molecular weight excluding hydrogens is 414 g/mol. The summed E-state index contributed by atoms with van der Waals surface area (Å²) < 4.78 is 0. The Bertz CT molecular complexity index is 594. The van der Waals surface area contributed by atoms with Gasteiger partial charge in [0, 0.05) is 18.6 Å². The van der Waals surface area contributed by atoms with Crippen LogP contribution in [0.25, 0.3) is 0 Å². The quantitative estimate of drug-likeness (QED) is 0.337. The van der Waals surface area contributed by atoms with Gasteiger partial charge in [0.1, 0.15) is 0 Å². The van der Waals surface area contributed by atoms with Crippen LogP contribution in [0.5, 0.6) is 0 Å². The Labute approximate surface area is 191 Å². The number of rotatable bonds is 9. The van der Waals surface area contributed by atoms with Gasteiger partial charge in [0.2, 0.25) is 6.41 Å². The molecular formula is C23H39N3O4S. The average molecular weight is 454 g/mol. The van der Waals surface area contributed by atoms with E-state index in [1.54, 1.807) is 11.8 Å². The van der Waals surface area contributed by atoms with Crippen molar-refractivity contribution in [1.29, 1.82) is 0 Å². The monoisotopic (exact) mass is 453 g/mol. The highest BCUT2D eigenvalue weighted by Gasteiger charge is 2.32. The number of carboxylic acid groups (broad SMARTS) is 1. The molecule has 2 rings (SSSR count). The summed E-state index contributed by atoms with van der Waals surface area (Å²) in [5.74, 6) is -0.903. The second-order valence-corrected chi connectivity index (χ2v) is 9.40. The minimum Gasteiger partial charge on any atom is -0.481 e. The zero-order valence-corrected chi connectivity index (χ0v) is 19.8. The molecule has 0 aromatic heterocycles. The maximum absolute atomic E-state index is 12.9. The van der Waals surface area contributed by atoms with Gasteiger partial charge in [0.05, 0.1) is 11.4 Å². The van der Waals surface area contributed by atoms with E-state index >= 15 is 0 Å². The number of aliphatic carboxylic acids is 1. The molecule has 0 aliphatic heterocycles. The zero-order valence-electron chi connectivity index (χ0n) is 19.0. The first-order valence-corrected chi connectivity index (χ1v) is 12.2. The molecule has 2 aliphatic rings. The van der Waals surface area contributed by atoms with E-state index in [0.717, 1.165) is 35.6 Å². The van der Waals surface area contributed by atoms with Gasteiger partial charge in [-0.05, 0) is 44.4 Å². The maximum Gasteiger partial charge on any atom is 0.322 e. The van der Waals surface area contributed by atoms with E-state index in [1.165, 1.54) is 38.5 Å². The molecule has 0 aromatic rings. The summed E-state index contributed by atoms with van der Waals surface area (Å²) in [6.45, 7) is 8.28. The van der Waals surface area contributed by atoms with Gasteiger partial charge < -0.3 is 20.6 Å². The van der Waals surface area contributed by atoms with Crippen LogP contribution >= 0.6 is 11.8 Å². The summed E-state index contributed by atoms with van der Waals surface area (Å²) in [5, 5.41) is 14.0. The Morgan fingerprint density at radius 3 is 2.00 bits per heavy atom. The second kappa shape index (κ2) is 15.8. The lowest BCUT2D eigenvalue weighted by Crippen LogP contribution is -2.52. The summed E-state index contributed by atoms with van der Waals surface area (Å²) in [7, 11) is 0. The Morgan fingerprint density at radius 2 is 1.58 bits per heavy atom. The lowest BCUT2D eigenvalue weighted by Gasteiger charge is -2.41. The van der Waals surface area contributed by atoms with Crippen molar-refractivity contribution in [1.82, 2.24) is 15.5 Å². The minimum atomic E-state index is -0.903. The molecule has 31 heavy (non-hydrogen) atoms. The number of allylic oxidation sites excluding steroid dienone is 2. The van der Waals surface area contributed by atoms with Crippen LogP contribution in [0.3, 0.4) is 0 Å². The molecule has 176 valence electrons. The molecule has 0 radical (unpaired) electrons. The minimum absolute atomic E-state index is 0.0151. The van der Waals surface area contributed by atoms with E-state index in [0.29, 0.717) is 18.5 Å². The molecule has 0 aromatic carbocycles. The predicted molar refractivity (Wildman–Crippen MR) is 127 cm³/mol. The molecule has 0 saturated heterocycles. The Hall–Kier alpha value is -1.96. The number of urea groups is 1. The summed E-state index contributed by atoms with van der Waals surface area (Å²) in [6.07, 6.45) is 14.8. The third-order valence-electron chi connectivity index (χ3n) is 5.67. The number of nitrogens with one attached hydrogen (secondary N) is 2. The number of carbonyl (C=O) groups excluding carboxylic acids is 2. The molecule has 0 heterocycles. The molecule has 7 nitrogen and oxygen atoms in total. The molecule has 8 heteroatoms. The van der Waals surface area contributed by atoms with Crippen molar-refractivity contribution in [2.45, 2.75) is 96.6 Å². The van der Waals surface area contributed by atoms with Gasteiger partial charge in [-0.25, -0.2) is 4.79 Å². The predicted octanol–water partition coefficient (Wildman–Crippen LogP) is 5.00. The van der Waals surface area contributed by atoms with Gasteiger partial charge in [-0.1, -0.05) is 62.9 Å². The van der Waals surface area contributed by atoms with Crippen molar-refractivity contribution in [3.8, 4) is 0 Å². The number of hydrogen-bond acceptors (Lipinski definition) is 4. The van der Waals surface area contributed by atoms with Gasteiger partial charge in [-0.3, -0.25) is 9.59 Å². The SMILES string of the molecule is C=C(NC(=O)N(C1CCCCC1)C1CCCCC1)S/C(C)=C\C.O=CNCCC(=O)O. The first-order valence-electron chi connectivity index (χ1n) is 11.4. The lowest BCUT2D eigenvalue weighted by molar-refractivity contribution is -0.136. The van der Waals surface area contributed by atoms with Gasteiger partial charge >= 0.3 is 12.0 Å². The normalized spacial score (nSPS) is 17.7. The molecule has 2 saturated carbocycles. The van der Waals surface area contributed by atoms with Gasteiger partial charge in [-0.15, -0.1) is 0 Å². The topological polar surface area (TPSA) is 98.7 Å². The second-order valence-electron chi connectivity index (χ2n) is 8.06. The fraction of sp³-hybridized carbons (Fsp3) is 0.696. The zero-order chi connectivity index (χ0) is 23.1. The smallest absolute Gasteiger partial charge is 0.322 e. The molecule has 2 fully saturated rings. The number of thioether (sulfide) groups is 1. The third-order valence-corrected chi connectivity index (χ3v) is 6.58. The van der Waals surface area contributed by atoms with E-state index in [-0.39, 0.29) is 19.0 Å². The summed E-state index contributed by atoms with van der Waals surface area (Å²) in [6, 6.07) is 0.921. The van der Waals surface area contributed by atoms with Crippen LogP contribution in [0.4, 0.5) is 4.79 Å². The van der Waals surface area contributed by atoms with Crippen LogP contribution in [0.1, 0.15) is 84.5 Å². The third kappa shape index (κ3) is 11.3. The highest BCUT2D eigenvalue weighted by atomic mass is 32.2. The van der Waals surface area contributed by atoms with Crippen molar-refractivity contribution >= 4 is 30.2 Å². The molecule has 0 unspecified atom stereocenters. The number of carboxylic acids is 1. The van der Waals surface area contributed by atoms with Crippen molar-refractivity contribution in [3.63, 3.8) is 0 Å². The first kappa shape index (κ1) is 27.1. The van der Waals surface area contributed by atoms with Crippen LogP contribution in [-0.2, 0) is 9.59 Å². The Balaban J connectivity index is 0.000000512. The van der Waals surface area contributed by atoms with E-state index in [4.69, 9.17) is 5.11 Å². The molecule has 0 atom stereocenters. The van der Waals surface area contributed by atoms with Crippen molar-refractivity contribution < 1.29 is 19.5 Å². The van der Waals surface area contributed by atoms with Gasteiger partial charge in [-0.2, -0.15) is 0 Å². The standard InChI is InChI=1S/C19H32N2OS.C4H7NO3/c1-4-15(2)23-16(3)20-19(22)21(17-11-7-5-8-12-17)18-13-9-6-10-14-18;6-3-5-2-1-4(7)8/h4,17-18H,3,5-14H2,1-2H3,(H,20,22);3H,1-2H2,(H,5,6)(H,7,8)/b15-4-;. The summed E-state index contributed by atoms with van der Waals surface area (Å²) in [4.78, 5) is 35.5. The van der Waals surface area contributed by atoms with Gasteiger partial charge in [0.25, 0.3) is 0 Å². The van der Waals surface area contributed by atoms with Crippen molar-refractivity contribution in [2.24, 2.45) is 0 Å². The highest BCUT2D eigenvalue weighted by Crippen LogP contribution is 2.31. The van der Waals surface area contributed by atoms with E-state index < -0.39 is 5.97 Å². The Kier molecular flexibility index (Phi) is 13.8. The van der Waals surface area contributed by atoms with Crippen LogP contribution in [0.2, 0.25) is 0 Å². The lowest BCUT2D eigenvalue weighted by atomic mass is 9.89. The maximum atomic E-state index is 12.9. The Morgan fingerprint density at radius 1 is 1.06 bits per heavy atom. The van der Waals surface area contributed by atoms with E-state index in [9.17, 15) is 14.4 Å². The molecule has 0 spiro atoms. The first-order chi connectivity index (χ1) is 14.9. The fourth-order valence-electron chi connectivity index (χ4n) is 4.05. The molecule has 3 N–H and O–H groups in total. The largest absolute Gasteiger partial charge is 0.481 e. The fourth-order valence-corrected chi connectivity index (χ4v) is 4.69. The van der Waals surface area contributed by atoms with Crippen LogP contribution < -0.4 is 10.6 Å². The van der Waals surface area contributed by atoms with Crippen LogP contribution in [0.15, 0.2) is 22.6 Å². The van der Waals surface area contributed by atoms with Crippen molar-refractivity contribution in [2.75, 3.05) is 6.54 Å². The number of amides is 3. The van der Waals surface area contributed by atoms with Crippen LogP contribution in [0, 0.1) is 0 Å². The average Bonchev–Trinajstić information content (AvgIpc) is 2.75.